The molecule has 128 valence electrons. The van der Waals surface area contributed by atoms with E-state index in [-0.39, 0.29) is 12.3 Å². The van der Waals surface area contributed by atoms with Gasteiger partial charge in [-0.15, -0.1) is 0 Å². The normalized spacial score (nSPS) is 10.5. The molecule has 0 aliphatic carbocycles. The van der Waals surface area contributed by atoms with Crippen LogP contribution in [-0.2, 0) is 11.2 Å². The highest BCUT2D eigenvalue weighted by atomic mass is 35.5. The zero-order chi connectivity index (χ0) is 17.8. The third kappa shape index (κ3) is 4.19. The Balaban J connectivity index is 1.63. The fraction of sp³-hybridized carbons (Fsp3) is 0.158. The van der Waals surface area contributed by atoms with E-state index in [9.17, 15) is 4.79 Å². The number of para-hydroxylation sites is 1. The van der Waals surface area contributed by atoms with Crippen LogP contribution >= 0.6 is 11.6 Å². The zero-order valence-electron chi connectivity index (χ0n) is 13.9. The number of nitrogens with one attached hydrogen (secondary N) is 1. The summed E-state index contributed by atoms with van der Waals surface area (Å²) in [5.74, 6) is 1.75. The third-order valence-electron chi connectivity index (χ3n) is 3.72. The van der Waals surface area contributed by atoms with Crippen LogP contribution in [0.25, 0.3) is 0 Å². The third-order valence-corrected chi connectivity index (χ3v) is 4.03. The first-order valence-corrected chi connectivity index (χ1v) is 8.15. The van der Waals surface area contributed by atoms with Gasteiger partial charge in [-0.3, -0.25) is 4.79 Å². The molecule has 0 saturated heterocycles. The second kappa shape index (κ2) is 7.40. The van der Waals surface area contributed by atoms with Crippen molar-refractivity contribution < 1.29 is 14.1 Å². The van der Waals surface area contributed by atoms with Gasteiger partial charge in [0, 0.05) is 11.3 Å². The number of hydrogen-bond acceptors (Lipinski definition) is 4. The summed E-state index contributed by atoms with van der Waals surface area (Å²) >= 11 is 6.07. The Morgan fingerprint density at radius 3 is 2.52 bits per heavy atom. The maximum atomic E-state index is 12.2. The molecule has 0 saturated carbocycles. The number of carbonyl (C=O) groups is 1. The van der Waals surface area contributed by atoms with Crippen LogP contribution in [0.1, 0.15) is 17.0 Å². The monoisotopic (exact) mass is 356 g/mol. The molecule has 0 unspecified atom stereocenters. The standard InChI is InChI=1S/C19H17ClN2O3/c1-12-16(13(2)25-22-12)11-19(23)21-14-7-9-15(10-8-14)24-18-6-4-3-5-17(18)20/h3-10H,11H2,1-2H3,(H,21,23). The summed E-state index contributed by atoms with van der Waals surface area (Å²) in [6, 6.07) is 14.3. The molecule has 0 aliphatic rings. The average molecular weight is 357 g/mol. The van der Waals surface area contributed by atoms with Crippen molar-refractivity contribution in [2.45, 2.75) is 20.3 Å². The van der Waals surface area contributed by atoms with E-state index in [1.165, 1.54) is 0 Å². The van der Waals surface area contributed by atoms with Crippen molar-refractivity contribution in [2.24, 2.45) is 0 Å². The van der Waals surface area contributed by atoms with Crippen molar-refractivity contribution in [2.75, 3.05) is 5.32 Å². The molecule has 25 heavy (non-hydrogen) atoms. The minimum absolute atomic E-state index is 0.130. The smallest absolute Gasteiger partial charge is 0.228 e. The summed E-state index contributed by atoms with van der Waals surface area (Å²) in [4.78, 5) is 12.2. The highest BCUT2D eigenvalue weighted by Gasteiger charge is 2.13. The fourth-order valence-electron chi connectivity index (χ4n) is 2.38. The molecule has 5 nitrogen and oxygen atoms in total. The van der Waals surface area contributed by atoms with Gasteiger partial charge < -0.3 is 14.6 Å². The number of rotatable bonds is 5. The Morgan fingerprint density at radius 1 is 1.16 bits per heavy atom. The maximum absolute atomic E-state index is 12.2. The van der Waals surface area contributed by atoms with Gasteiger partial charge >= 0.3 is 0 Å². The summed E-state index contributed by atoms with van der Waals surface area (Å²) < 4.78 is 10.8. The van der Waals surface area contributed by atoms with Gasteiger partial charge in [0.05, 0.1) is 17.1 Å². The SMILES string of the molecule is Cc1noc(C)c1CC(=O)Nc1ccc(Oc2ccccc2Cl)cc1. The van der Waals surface area contributed by atoms with E-state index in [1.807, 2.05) is 19.1 Å². The number of aryl methyl sites for hydroxylation is 2. The van der Waals surface area contributed by atoms with E-state index in [0.29, 0.717) is 28.0 Å². The Labute approximate surface area is 150 Å². The number of halogens is 1. The molecular weight excluding hydrogens is 340 g/mol. The van der Waals surface area contributed by atoms with Crippen LogP contribution in [0.4, 0.5) is 5.69 Å². The summed E-state index contributed by atoms with van der Waals surface area (Å²) in [6.45, 7) is 3.61. The van der Waals surface area contributed by atoms with Crippen LogP contribution in [0.3, 0.4) is 0 Å². The van der Waals surface area contributed by atoms with E-state index in [1.54, 1.807) is 43.3 Å². The molecule has 6 heteroatoms. The Hall–Kier alpha value is -2.79. The largest absolute Gasteiger partial charge is 0.456 e. The van der Waals surface area contributed by atoms with Gasteiger partial charge in [-0.25, -0.2) is 0 Å². The van der Waals surface area contributed by atoms with Crippen molar-refractivity contribution in [1.82, 2.24) is 5.16 Å². The van der Waals surface area contributed by atoms with E-state index < -0.39 is 0 Å². The van der Waals surface area contributed by atoms with E-state index in [2.05, 4.69) is 10.5 Å². The van der Waals surface area contributed by atoms with Gasteiger partial charge in [0.25, 0.3) is 0 Å². The van der Waals surface area contributed by atoms with Crippen molar-refractivity contribution in [3.63, 3.8) is 0 Å². The lowest BCUT2D eigenvalue weighted by molar-refractivity contribution is -0.115. The molecule has 0 fully saturated rings. The number of anilines is 1. The summed E-state index contributed by atoms with van der Waals surface area (Å²) in [7, 11) is 0. The van der Waals surface area contributed by atoms with Crippen molar-refractivity contribution in [3.8, 4) is 11.5 Å². The number of aromatic nitrogens is 1. The summed E-state index contributed by atoms with van der Waals surface area (Å²) in [5, 5.41) is 7.24. The molecule has 1 amide bonds. The van der Waals surface area contributed by atoms with Gasteiger partial charge in [-0.2, -0.15) is 0 Å². The number of nitrogens with zero attached hydrogens (tertiary/aromatic N) is 1. The Bertz CT molecular complexity index is 868. The van der Waals surface area contributed by atoms with Gasteiger partial charge in [-0.1, -0.05) is 28.9 Å². The second-order valence-electron chi connectivity index (χ2n) is 5.58. The minimum Gasteiger partial charge on any atom is -0.456 e. The van der Waals surface area contributed by atoms with Gasteiger partial charge in [0.1, 0.15) is 17.3 Å². The van der Waals surface area contributed by atoms with Crippen molar-refractivity contribution >= 4 is 23.2 Å². The molecule has 0 aliphatic heterocycles. The van der Waals surface area contributed by atoms with Crippen LogP contribution in [0.5, 0.6) is 11.5 Å². The first-order valence-electron chi connectivity index (χ1n) is 7.77. The second-order valence-corrected chi connectivity index (χ2v) is 5.99. The molecule has 0 bridgehead atoms. The molecule has 3 rings (SSSR count). The summed E-state index contributed by atoms with van der Waals surface area (Å²) in [5.41, 5.74) is 2.23. The van der Waals surface area contributed by atoms with Crippen LogP contribution in [-0.4, -0.2) is 11.1 Å². The molecule has 0 atom stereocenters. The molecule has 1 aromatic heterocycles. The highest BCUT2D eigenvalue weighted by molar-refractivity contribution is 6.32. The predicted molar refractivity (Wildman–Crippen MR) is 96.3 cm³/mol. The Kier molecular flexibility index (Phi) is 5.05. The van der Waals surface area contributed by atoms with Gasteiger partial charge in [0.2, 0.25) is 5.91 Å². The fourth-order valence-corrected chi connectivity index (χ4v) is 2.56. The lowest BCUT2D eigenvalue weighted by Crippen LogP contribution is -2.15. The maximum Gasteiger partial charge on any atom is 0.228 e. The molecule has 1 heterocycles. The van der Waals surface area contributed by atoms with E-state index in [0.717, 1.165) is 11.3 Å². The lowest BCUT2D eigenvalue weighted by Gasteiger charge is -2.09. The van der Waals surface area contributed by atoms with E-state index in [4.69, 9.17) is 20.9 Å². The molecule has 0 radical (unpaired) electrons. The van der Waals surface area contributed by atoms with Crippen LogP contribution in [0, 0.1) is 13.8 Å². The molecule has 0 spiro atoms. The number of ether oxygens (including phenoxy) is 1. The zero-order valence-corrected chi connectivity index (χ0v) is 14.6. The highest BCUT2D eigenvalue weighted by Crippen LogP contribution is 2.29. The van der Waals surface area contributed by atoms with E-state index >= 15 is 0 Å². The minimum atomic E-state index is -0.130. The molecule has 2 aromatic carbocycles. The number of carbonyl (C=O) groups excluding carboxylic acids is 1. The van der Waals surface area contributed by atoms with Crippen LogP contribution in [0.2, 0.25) is 5.02 Å². The quantitative estimate of drug-likeness (QED) is 0.704. The molecule has 3 aromatic rings. The average Bonchev–Trinajstić information content (AvgIpc) is 2.90. The van der Waals surface area contributed by atoms with Gasteiger partial charge in [-0.05, 0) is 50.2 Å². The van der Waals surface area contributed by atoms with Crippen molar-refractivity contribution in [1.29, 1.82) is 0 Å². The number of amides is 1. The first kappa shape index (κ1) is 17.0. The predicted octanol–water partition coefficient (Wildman–Crippen LogP) is 4.92. The first-order chi connectivity index (χ1) is 12.0. The number of hydrogen-bond donors (Lipinski definition) is 1. The Morgan fingerprint density at radius 2 is 1.88 bits per heavy atom. The molecular formula is C19H17ClN2O3. The summed E-state index contributed by atoms with van der Waals surface area (Å²) in [6.07, 6.45) is 0.221. The molecule has 1 N–H and O–H groups in total. The van der Waals surface area contributed by atoms with Crippen LogP contribution < -0.4 is 10.1 Å². The number of benzene rings is 2. The van der Waals surface area contributed by atoms with Gasteiger partial charge in [0.15, 0.2) is 0 Å². The topological polar surface area (TPSA) is 64.4 Å². The van der Waals surface area contributed by atoms with Crippen molar-refractivity contribution in [3.05, 3.63) is 70.6 Å². The van der Waals surface area contributed by atoms with Crippen LogP contribution in [0.15, 0.2) is 53.1 Å². The lowest BCUT2D eigenvalue weighted by atomic mass is 10.1.